The summed E-state index contributed by atoms with van der Waals surface area (Å²) in [6.07, 6.45) is 4.94. The van der Waals surface area contributed by atoms with Gasteiger partial charge in [0.25, 0.3) is 0 Å². The van der Waals surface area contributed by atoms with Gasteiger partial charge in [0.05, 0.1) is 10.7 Å². The van der Waals surface area contributed by atoms with Crippen LogP contribution in [0.25, 0.3) is 0 Å². The van der Waals surface area contributed by atoms with Gasteiger partial charge in [-0.3, -0.25) is 0 Å². The average Bonchev–Trinajstić information content (AvgIpc) is 2.36. The molecule has 2 N–H and O–H groups in total. The van der Waals surface area contributed by atoms with Crippen molar-refractivity contribution in [2.24, 2.45) is 0 Å². The van der Waals surface area contributed by atoms with E-state index in [2.05, 4.69) is 27.3 Å². The van der Waals surface area contributed by atoms with Crippen LogP contribution in [0.5, 0.6) is 0 Å². The second-order valence-corrected chi connectivity index (χ2v) is 4.29. The first-order valence-electron chi connectivity index (χ1n) is 3.71. The van der Waals surface area contributed by atoms with Gasteiger partial charge < -0.3 is 5.73 Å². The van der Waals surface area contributed by atoms with Gasteiger partial charge in [-0.25, -0.2) is 4.68 Å². The van der Waals surface area contributed by atoms with Crippen LogP contribution in [-0.4, -0.2) is 21.8 Å². The van der Waals surface area contributed by atoms with Crippen LogP contribution in [0.2, 0.25) is 0 Å². The Morgan fingerprint density at radius 1 is 1.75 bits per heavy atom. The number of aryl methyl sites for hydroxylation is 1. The number of hydrogen-bond donors (Lipinski definition) is 1. The molecule has 0 aromatic carbocycles. The quantitative estimate of drug-likeness (QED) is 0.831. The fourth-order valence-electron chi connectivity index (χ4n) is 0.909. The maximum Gasteiger partial charge on any atom is 0.136 e. The number of nitrogens with two attached hydrogens (primary N) is 1. The van der Waals surface area contributed by atoms with Gasteiger partial charge in [-0.15, -0.1) is 0 Å². The molecule has 0 spiro atoms. The van der Waals surface area contributed by atoms with E-state index in [1.165, 1.54) is 0 Å². The van der Waals surface area contributed by atoms with E-state index in [4.69, 9.17) is 5.73 Å². The first-order chi connectivity index (χ1) is 5.75. The summed E-state index contributed by atoms with van der Waals surface area (Å²) >= 11 is 5.15. The molecule has 68 valence electrons. The fraction of sp³-hybridized carbons (Fsp3) is 0.571. The summed E-state index contributed by atoms with van der Waals surface area (Å²) in [7, 11) is 0. The van der Waals surface area contributed by atoms with E-state index >= 15 is 0 Å². The smallest absolute Gasteiger partial charge is 0.136 e. The van der Waals surface area contributed by atoms with Crippen LogP contribution in [-0.2, 0) is 6.54 Å². The van der Waals surface area contributed by atoms with E-state index in [9.17, 15) is 0 Å². The Morgan fingerprint density at radius 3 is 3.00 bits per heavy atom. The van der Waals surface area contributed by atoms with E-state index in [0.29, 0.717) is 0 Å². The van der Waals surface area contributed by atoms with Crippen molar-refractivity contribution in [1.82, 2.24) is 9.78 Å². The third-order valence-electron chi connectivity index (χ3n) is 1.55. The molecule has 1 heterocycles. The number of anilines is 1. The molecule has 0 saturated heterocycles. The Kier molecular flexibility index (Phi) is 3.94. The van der Waals surface area contributed by atoms with Gasteiger partial charge in [0, 0.05) is 6.54 Å². The van der Waals surface area contributed by atoms with Crippen molar-refractivity contribution in [2.75, 3.05) is 17.7 Å². The lowest BCUT2D eigenvalue weighted by Gasteiger charge is -2.02. The zero-order chi connectivity index (χ0) is 8.97. The summed E-state index contributed by atoms with van der Waals surface area (Å²) < 4.78 is 2.70. The zero-order valence-electron chi connectivity index (χ0n) is 6.96. The van der Waals surface area contributed by atoms with E-state index < -0.39 is 0 Å². The third kappa shape index (κ3) is 2.42. The highest BCUT2D eigenvalue weighted by molar-refractivity contribution is 9.10. The minimum absolute atomic E-state index is 0.719. The van der Waals surface area contributed by atoms with Crippen molar-refractivity contribution in [3.05, 3.63) is 10.7 Å². The summed E-state index contributed by atoms with van der Waals surface area (Å²) in [5.41, 5.74) is 5.73. The van der Waals surface area contributed by atoms with E-state index in [1.54, 1.807) is 6.20 Å². The van der Waals surface area contributed by atoms with Crippen LogP contribution in [0.4, 0.5) is 5.82 Å². The van der Waals surface area contributed by atoms with Crippen molar-refractivity contribution >= 4 is 33.5 Å². The molecule has 1 aromatic rings. The highest BCUT2D eigenvalue weighted by Crippen LogP contribution is 2.17. The van der Waals surface area contributed by atoms with Gasteiger partial charge in [-0.2, -0.15) is 16.9 Å². The minimum Gasteiger partial charge on any atom is -0.383 e. The first-order valence-corrected chi connectivity index (χ1v) is 5.90. The molecule has 0 bridgehead atoms. The summed E-state index contributed by atoms with van der Waals surface area (Å²) in [6, 6.07) is 0. The van der Waals surface area contributed by atoms with Gasteiger partial charge >= 0.3 is 0 Å². The molecule has 0 aliphatic rings. The molecule has 0 unspecified atom stereocenters. The lowest BCUT2D eigenvalue weighted by Crippen LogP contribution is -2.05. The van der Waals surface area contributed by atoms with Gasteiger partial charge in [-0.05, 0) is 34.4 Å². The molecule has 0 atom stereocenters. The normalized spacial score (nSPS) is 10.5. The second kappa shape index (κ2) is 4.77. The Hall–Kier alpha value is -0.160. The maximum absolute atomic E-state index is 5.73. The number of nitrogens with zero attached hydrogens (tertiary/aromatic N) is 2. The lowest BCUT2D eigenvalue weighted by atomic mass is 10.5. The van der Waals surface area contributed by atoms with Crippen LogP contribution >= 0.6 is 27.7 Å². The zero-order valence-corrected chi connectivity index (χ0v) is 9.36. The molecular formula is C7H12BrN3S. The van der Waals surface area contributed by atoms with Gasteiger partial charge in [0.1, 0.15) is 5.82 Å². The predicted octanol–water partition coefficient (Wildman–Crippen LogP) is 1.98. The van der Waals surface area contributed by atoms with Crippen molar-refractivity contribution in [1.29, 1.82) is 0 Å². The van der Waals surface area contributed by atoms with E-state index in [1.807, 2.05) is 16.4 Å². The van der Waals surface area contributed by atoms with Crippen molar-refractivity contribution < 1.29 is 0 Å². The number of aromatic nitrogens is 2. The summed E-state index contributed by atoms with van der Waals surface area (Å²) in [6.45, 7) is 0.901. The second-order valence-electron chi connectivity index (χ2n) is 2.45. The van der Waals surface area contributed by atoms with Crippen LogP contribution in [0.15, 0.2) is 10.7 Å². The van der Waals surface area contributed by atoms with Gasteiger partial charge in [-0.1, -0.05) is 0 Å². The fourth-order valence-corrected chi connectivity index (χ4v) is 1.62. The number of halogens is 1. The Morgan fingerprint density at radius 2 is 2.50 bits per heavy atom. The Bertz CT molecular complexity index is 249. The van der Waals surface area contributed by atoms with Crippen LogP contribution in [0.1, 0.15) is 6.42 Å². The monoisotopic (exact) mass is 249 g/mol. The largest absolute Gasteiger partial charge is 0.383 e. The molecule has 5 heteroatoms. The van der Waals surface area contributed by atoms with Crippen LogP contribution in [0.3, 0.4) is 0 Å². The minimum atomic E-state index is 0.719. The SMILES string of the molecule is CSCCCn1ncc(Br)c1N. The summed E-state index contributed by atoms with van der Waals surface area (Å²) in [4.78, 5) is 0. The molecule has 0 amide bonds. The molecule has 3 nitrogen and oxygen atoms in total. The van der Waals surface area contributed by atoms with Crippen molar-refractivity contribution in [3.63, 3.8) is 0 Å². The number of thioether (sulfide) groups is 1. The van der Waals surface area contributed by atoms with Crippen molar-refractivity contribution in [3.8, 4) is 0 Å². The molecule has 1 aromatic heterocycles. The summed E-state index contributed by atoms with van der Waals surface area (Å²) in [5, 5.41) is 4.12. The van der Waals surface area contributed by atoms with E-state index in [0.717, 1.165) is 29.0 Å². The molecule has 0 radical (unpaired) electrons. The molecular weight excluding hydrogens is 238 g/mol. The lowest BCUT2D eigenvalue weighted by molar-refractivity contribution is 0.615. The average molecular weight is 250 g/mol. The summed E-state index contributed by atoms with van der Waals surface area (Å²) in [5.74, 6) is 1.87. The number of nitrogen functional groups attached to an aromatic ring is 1. The third-order valence-corrected chi connectivity index (χ3v) is 2.86. The van der Waals surface area contributed by atoms with E-state index in [-0.39, 0.29) is 0 Å². The van der Waals surface area contributed by atoms with Gasteiger partial charge in [0.15, 0.2) is 0 Å². The molecule has 0 saturated carbocycles. The topological polar surface area (TPSA) is 43.8 Å². The number of hydrogen-bond acceptors (Lipinski definition) is 3. The Labute approximate surface area is 84.8 Å². The number of rotatable bonds is 4. The molecule has 1 rings (SSSR count). The Balaban J connectivity index is 2.46. The predicted molar refractivity (Wildman–Crippen MR) is 57.3 cm³/mol. The highest BCUT2D eigenvalue weighted by Gasteiger charge is 2.02. The molecule has 0 fully saturated rings. The molecule has 0 aliphatic carbocycles. The first kappa shape index (κ1) is 9.92. The van der Waals surface area contributed by atoms with Crippen LogP contribution in [0, 0.1) is 0 Å². The standard InChI is InChI=1S/C7H12BrN3S/c1-12-4-2-3-11-7(9)6(8)5-10-11/h5H,2-4,9H2,1H3. The van der Waals surface area contributed by atoms with Crippen molar-refractivity contribution in [2.45, 2.75) is 13.0 Å². The molecule has 0 aliphatic heterocycles. The highest BCUT2D eigenvalue weighted by atomic mass is 79.9. The molecule has 12 heavy (non-hydrogen) atoms. The van der Waals surface area contributed by atoms with Gasteiger partial charge in [0.2, 0.25) is 0 Å². The van der Waals surface area contributed by atoms with Crippen LogP contribution < -0.4 is 5.73 Å². The maximum atomic E-state index is 5.73.